The summed E-state index contributed by atoms with van der Waals surface area (Å²) in [4.78, 5) is 40.7. The fraction of sp³-hybridized carbons (Fsp3) is 0.944. The molecule has 116 heavy (non-hydrogen) atoms. The van der Waals surface area contributed by atoms with Crippen molar-refractivity contribution in [2.24, 2.45) is 0 Å². The van der Waals surface area contributed by atoms with Gasteiger partial charge in [0.05, 0.1) is 19.8 Å². The molecule has 6 aliphatic heterocycles. The Hall–Kier alpha value is -3.34. The molecule has 0 aromatic rings. The number of carboxylic acid groups (broad SMARTS) is 3. The predicted octanol–water partition coefficient (Wildman–Crippen LogP) is -5.64. The van der Waals surface area contributed by atoms with Gasteiger partial charge in [0.25, 0.3) is 0 Å². The van der Waals surface area contributed by atoms with Crippen LogP contribution in [0.4, 0.5) is 0 Å². The molecule has 62 heteroatoms. The quantitative estimate of drug-likeness (QED) is 0.0253. The minimum Gasteiger partial charge on any atom is -0.479 e. The molecule has 0 unspecified atom stereocenters. The van der Waals surface area contributed by atoms with Crippen LogP contribution < -0.4 is 0 Å². The summed E-state index contributed by atoms with van der Waals surface area (Å²) in [5.74, 6) is -6.43. The van der Waals surface area contributed by atoms with Gasteiger partial charge in [-0.2, -0.15) is 58.9 Å². The molecule has 55 nitrogen and oxygen atoms in total. The first-order valence-corrected chi connectivity index (χ1v) is 44.0. The van der Waals surface area contributed by atoms with Crippen LogP contribution >= 0.6 is 0 Å². The van der Waals surface area contributed by atoms with Crippen LogP contribution in [0, 0.1) is 0 Å². The van der Waals surface area contributed by atoms with E-state index in [9.17, 15) is 126 Å². The molecule has 0 amide bonds. The van der Waals surface area contributed by atoms with Crippen LogP contribution in [0.2, 0.25) is 0 Å². The van der Waals surface area contributed by atoms with E-state index in [0.29, 0.717) is 0 Å². The molecule has 6 rings (SSSR count). The number of aliphatic hydroxyl groups excluding tert-OH is 1. The zero-order valence-corrected chi connectivity index (χ0v) is 67.8. The molecule has 11 N–H and O–H groups in total. The SMILES string of the molecule is CCOC[C@H]1O[C@@H](O[C@H]2[C@H](OCC)[C@@H](OS(=O)(=O)O)[C@H](O)O[C@H]2C(=O)O)[C@H](OCC)[C@@H](O[C@@H]2O[C@@H](C(=O)O)[C@@H](O[C@@H]3O[C@H](COCC)[C@@H](OS(=O)(=O)O)[C@H](O[C@@H]4O[C@@H](C(=O)O)[C@@H](O[C@@H]5O[C@H](COCC)[C@@H](OS(=O)(=O)O)[C@H](OS(=O)(=O)O)[C@H]5OCC)[C@H](OCC)[C@H]4OS(=O)(=O)O)[C@H]3OCC)[C@H](OCC)[C@H]2OS(=O)(=O)O)[C@@H]1OS(=O)(=O)O. The number of aliphatic hydroxyl groups is 1. The van der Waals surface area contributed by atoms with E-state index in [1.54, 1.807) is 0 Å². The molecule has 0 bridgehead atoms. The lowest BCUT2D eigenvalue weighted by molar-refractivity contribution is -0.394. The highest BCUT2D eigenvalue weighted by molar-refractivity contribution is 7.82. The van der Waals surface area contributed by atoms with Gasteiger partial charge in [-0.05, 0) is 62.3 Å². The second-order valence-corrected chi connectivity index (χ2v) is 31.7. The Labute approximate surface area is 663 Å². The van der Waals surface area contributed by atoms with Gasteiger partial charge in [0.1, 0.15) is 110 Å². The Morgan fingerprint density at radius 1 is 0.250 bits per heavy atom. The monoisotopic (exact) mass is 1840 g/mol. The number of rotatable bonds is 48. The van der Waals surface area contributed by atoms with Gasteiger partial charge in [-0.3, -0.25) is 31.9 Å². The van der Waals surface area contributed by atoms with Crippen LogP contribution in [0.25, 0.3) is 0 Å². The average molecular weight is 1850 g/mol. The van der Waals surface area contributed by atoms with Gasteiger partial charge >= 0.3 is 90.7 Å². The minimum atomic E-state index is -6.09. The van der Waals surface area contributed by atoms with E-state index in [2.05, 4.69) is 4.18 Å². The Balaban J connectivity index is 1.55. The predicted molar refractivity (Wildman–Crippen MR) is 358 cm³/mol. The molecule has 0 aromatic heterocycles. The molecular weight excluding hydrogens is 1750 g/mol. The maximum absolute atomic E-state index is 14.0. The largest absolute Gasteiger partial charge is 0.479 e. The Bertz CT molecular complexity index is 3970. The number of carboxylic acids is 3. The molecule has 6 aliphatic rings. The molecule has 6 fully saturated rings. The van der Waals surface area contributed by atoms with Crippen molar-refractivity contribution in [2.75, 3.05) is 79.3 Å². The van der Waals surface area contributed by atoms with Gasteiger partial charge in [0.15, 0.2) is 74.4 Å². The van der Waals surface area contributed by atoms with E-state index < -0.39 is 334 Å². The van der Waals surface area contributed by atoms with Crippen molar-refractivity contribution in [1.82, 2.24) is 0 Å². The number of aliphatic carboxylic acids is 3. The van der Waals surface area contributed by atoms with Gasteiger partial charge in [0.2, 0.25) is 0 Å². The lowest BCUT2D eigenvalue weighted by Gasteiger charge is -2.52. The van der Waals surface area contributed by atoms with E-state index in [1.165, 1.54) is 48.5 Å². The van der Waals surface area contributed by atoms with E-state index in [0.717, 1.165) is 13.8 Å². The number of hydrogen-bond acceptors (Lipinski definition) is 45. The summed E-state index contributed by atoms with van der Waals surface area (Å²) in [5, 5.41) is 43.6. The van der Waals surface area contributed by atoms with Crippen LogP contribution in [0.1, 0.15) is 62.3 Å². The standard InChI is InChI=1S/C54H92O55S7/c1-10-83-19-22-25(103-110(62,63)64)31(41(89-16-7)50(92-22)98-33-28(86-13-4)40(107-114(74,75)76)49(61)95-37(33)46(55)56)96-53-44(108-115(77,78)79)29(87-14-5)34(38(101-53)47(57)58)99-51-42(90-17-8)32(26(104-111(65,66)67)23(93-51)20-84-11-2)97-54-45(109-116(80,81)82)30(88-15-6)35(39(102-54)48(59)60)100-52-43(91-18-9)36(106-113(71,72)73)27(105-112(68,69)70)24(94-52)21-85-12-3/h22-45,49-54,61H,10-21H2,1-9H3,(H,55,56)(H,57,58)(H,59,60)(H,62,63,64)(H,65,66,67)(H,68,69,70)(H,71,72,73)(H,74,75,76)(H,77,78,79)(H,80,81,82)/t22-,23-,24-,25-,26-,27-,28+,29+,30+,31+,32+,33+,34+,35+,36+,37-,38-,39-,40-,41-,42-,43-,44-,45-,49-,50+,51+,52+,53-,54-/m1/s1. The second-order valence-electron chi connectivity index (χ2n) is 24.4. The molecule has 0 aliphatic carbocycles. The third-order valence-electron chi connectivity index (χ3n) is 16.7. The fourth-order valence-electron chi connectivity index (χ4n) is 12.9. The van der Waals surface area contributed by atoms with Gasteiger partial charge in [-0.1, -0.05) is 0 Å². The first-order chi connectivity index (χ1) is 53.9. The van der Waals surface area contributed by atoms with Crippen LogP contribution in [0.5, 0.6) is 0 Å². The van der Waals surface area contributed by atoms with Crippen molar-refractivity contribution < 1.29 is 250 Å². The van der Waals surface area contributed by atoms with Crippen molar-refractivity contribution in [3.8, 4) is 0 Å². The maximum Gasteiger partial charge on any atom is 0.397 e. The third-order valence-corrected chi connectivity index (χ3v) is 20.0. The molecule has 6 saturated heterocycles. The van der Waals surface area contributed by atoms with Crippen molar-refractivity contribution in [1.29, 1.82) is 0 Å². The Morgan fingerprint density at radius 3 is 0.716 bits per heavy atom. The van der Waals surface area contributed by atoms with Crippen LogP contribution in [0.15, 0.2) is 0 Å². The van der Waals surface area contributed by atoms with Crippen molar-refractivity contribution in [3.05, 3.63) is 0 Å². The van der Waals surface area contributed by atoms with Crippen LogP contribution in [0.3, 0.4) is 0 Å². The van der Waals surface area contributed by atoms with E-state index in [4.69, 9.17) is 120 Å². The highest BCUT2D eigenvalue weighted by atomic mass is 32.3. The summed E-state index contributed by atoms with van der Waals surface area (Å²) in [6.45, 7) is 3.73. The summed E-state index contributed by atoms with van der Waals surface area (Å²) in [7, 11) is -41.1. The van der Waals surface area contributed by atoms with E-state index in [-0.39, 0.29) is 19.8 Å². The Morgan fingerprint density at radius 2 is 0.457 bits per heavy atom. The topological polar surface area (TPSA) is 762 Å². The van der Waals surface area contributed by atoms with Crippen molar-refractivity contribution >= 4 is 90.7 Å². The summed E-state index contributed by atoms with van der Waals surface area (Å²) in [5.41, 5.74) is 0. The molecule has 30 atom stereocenters. The highest BCUT2D eigenvalue weighted by Crippen LogP contribution is 2.43. The summed E-state index contributed by atoms with van der Waals surface area (Å²) >= 11 is 0. The number of carbonyl (C=O) groups is 3. The van der Waals surface area contributed by atoms with Crippen molar-refractivity contribution in [3.63, 3.8) is 0 Å². The number of ether oxygens (including phenoxy) is 20. The zero-order chi connectivity index (χ0) is 87.1. The molecular formula is C54H92O55S7. The lowest BCUT2D eigenvalue weighted by atomic mass is 9.94. The van der Waals surface area contributed by atoms with E-state index in [1.807, 2.05) is 0 Å². The molecule has 6 heterocycles. The smallest absolute Gasteiger partial charge is 0.397 e. The summed E-state index contributed by atoms with van der Waals surface area (Å²) < 4.78 is 402. The van der Waals surface area contributed by atoms with Crippen LogP contribution in [-0.4, -0.2) is 393 Å². The maximum atomic E-state index is 14.0. The number of hydrogen-bond donors (Lipinski definition) is 11. The van der Waals surface area contributed by atoms with Crippen LogP contribution in [-0.2, 0) is 211 Å². The normalized spacial score (nSPS) is 36.7. The molecule has 0 aromatic carbocycles. The fourth-order valence-corrected chi connectivity index (χ4v) is 16.4. The van der Waals surface area contributed by atoms with Gasteiger partial charge in [-0.15, -0.1) is 0 Å². The van der Waals surface area contributed by atoms with Gasteiger partial charge in [-0.25, -0.2) is 43.7 Å². The molecule has 0 spiro atoms. The molecule has 680 valence electrons. The summed E-state index contributed by atoms with van der Waals surface area (Å²) in [6.07, 6.45) is -75.4. The Kier molecular flexibility index (Phi) is 38.3. The zero-order valence-electron chi connectivity index (χ0n) is 62.0. The average Bonchev–Trinajstić information content (AvgIpc) is 0.753. The van der Waals surface area contributed by atoms with Gasteiger partial charge in [0, 0.05) is 59.5 Å². The van der Waals surface area contributed by atoms with Crippen molar-refractivity contribution in [2.45, 2.75) is 247 Å². The first-order valence-electron chi connectivity index (χ1n) is 34.5. The summed E-state index contributed by atoms with van der Waals surface area (Å²) in [6, 6.07) is 0. The molecule has 0 saturated carbocycles. The third kappa shape index (κ3) is 29.2. The second kappa shape index (κ2) is 43.8. The van der Waals surface area contributed by atoms with Gasteiger partial charge < -0.3 is 115 Å². The minimum absolute atomic E-state index is 0.241. The highest BCUT2D eigenvalue weighted by Gasteiger charge is 2.65. The lowest BCUT2D eigenvalue weighted by Crippen LogP contribution is -2.70. The first kappa shape index (κ1) is 101. The van der Waals surface area contributed by atoms with E-state index >= 15 is 0 Å². The molecule has 0 radical (unpaired) electrons.